The number of nitrogens with one attached hydrogen (secondary N) is 1. The Morgan fingerprint density at radius 3 is 2.68 bits per heavy atom. The zero-order valence-electron chi connectivity index (χ0n) is 12.2. The van der Waals surface area contributed by atoms with Crippen molar-refractivity contribution in [2.75, 3.05) is 6.61 Å². The highest BCUT2D eigenvalue weighted by Gasteiger charge is 2.43. The third-order valence-corrected chi connectivity index (χ3v) is 5.13. The number of carbonyl (C=O) groups is 1. The molecule has 0 aromatic heterocycles. The lowest BCUT2D eigenvalue weighted by atomic mass is 9.81. The lowest BCUT2D eigenvalue weighted by molar-refractivity contribution is -0.146. The Kier molecular flexibility index (Phi) is 6.63. The fraction of sp³-hybridized carbons (Fsp3) is 0.929. The molecule has 5 heteroatoms. The van der Waals surface area contributed by atoms with E-state index < -0.39 is 11.5 Å². The number of aliphatic hydroxyl groups excluding tert-OH is 1. The first-order valence-electron chi connectivity index (χ1n) is 7.17. The third kappa shape index (κ3) is 4.97. The summed E-state index contributed by atoms with van der Waals surface area (Å²) < 4.78 is 0. The molecule has 1 fully saturated rings. The van der Waals surface area contributed by atoms with Gasteiger partial charge in [0.15, 0.2) is 0 Å². The number of hydrogen-bond donors (Lipinski definition) is 3. The van der Waals surface area contributed by atoms with Crippen molar-refractivity contribution >= 4 is 17.7 Å². The molecule has 0 heterocycles. The maximum absolute atomic E-state index is 11.7. The molecule has 0 bridgehead atoms. The fourth-order valence-electron chi connectivity index (χ4n) is 2.86. The number of carboxylic acid groups (broad SMARTS) is 1. The molecular weight excluding hydrogens is 262 g/mol. The van der Waals surface area contributed by atoms with Crippen molar-refractivity contribution in [3.63, 3.8) is 0 Å². The van der Waals surface area contributed by atoms with Crippen LogP contribution in [0.15, 0.2) is 0 Å². The maximum atomic E-state index is 11.7. The van der Waals surface area contributed by atoms with E-state index in [1.165, 1.54) is 0 Å². The van der Waals surface area contributed by atoms with Crippen LogP contribution in [0.3, 0.4) is 0 Å². The highest BCUT2D eigenvalue weighted by atomic mass is 32.2. The van der Waals surface area contributed by atoms with Crippen LogP contribution in [-0.2, 0) is 4.79 Å². The van der Waals surface area contributed by atoms with Gasteiger partial charge in [-0.3, -0.25) is 10.1 Å². The summed E-state index contributed by atoms with van der Waals surface area (Å²) in [7, 11) is 0. The molecule has 3 atom stereocenters. The van der Waals surface area contributed by atoms with Crippen molar-refractivity contribution in [1.29, 1.82) is 0 Å². The summed E-state index contributed by atoms with van der Waals surface area (Å²) in [6.07, 6.45) is 4.20. The molecule has 1 aliphatic carbocycles. The van der Waals surface area contributed by atoms with Gasteiger partial charge in [0, 0.05) is 23.1 Å². The minimum atomic E-state index is -0.761. The Hall–Kier alpha value is -0.260. The van der Waals surface area contributed by atoms with Crippen LogP contribution in [0, 0.1) is 0 Å². The van der Waals surface area contributed by atoms with Gasteiger partial charge in [0.1, 0.15) is 5.54 Å². The molecule has 0 radical (unpaired) electrons. The molecule has 19 heavy (non-hydrogen) atoms. The van der Waals surface area contributed by atoms with Gasteiger partial charge in [0.25, 0.3) is 0 Å². The van der Waals surface area contributed by atoms with E-state index in [0.717, 1.165) is 19.3 Å². The van der Waals surface area contributed by atoms with Crippen LogP contribution in [0.4, 0.5) is 0 Å². The largest absolute Gasteiger partial charge is 0.480 e. The van der Waals surface area contributed by atoms with E-state index in [1.54, 1.807) is 0 Å². The number of thioether (sulfide) groups is 1. The minimum Gasteiger partial charge on any atom is -0.480 e. The second kappa shape index (κ2) is 7.50. The standard InChI is InChI=1S/C14H27NO3S/c1-10(2)15-14(13(17)18)7-4-5-12(9-14)19-11(3)6-8-16/h10-12,15-16H,4-9H2,1-3H3,(H,17,18). The van der Waals surface area contributed by atoms with Gasteiger partial charge in [-0.1, -0.05) is 6.92 Å². The zero-order valence-corrected chi connectivity index (χ0v) is 13.0. The second-order valence-electron chi connectivity index (χ2n) is 5.86. The van der Waals surface area contributed by atoms with Crippen LogP contribution in [0.2, 0.25) is 0 Å². The number of rotatable bonds is 7. The lowest BCUT2D eigenvalue weighted by Gasteiger charge is -2.40. The summed E-state index contributed by atoms with van der Waals surface area (Å²) in [5.41, 5.74) is -0.761. The van der Waals surface area contributed by atoms with Crippen molar-refractivity contribution in [1.82, 2.24) is 5.32 Å². The van der Waals surface area contributed by atoms with Crippen LogP contribution >= 0.6 is 11.8 Å². The predicted octanol–water partition coefficient (Wildman–Crippen LogP) is 2.25. The van der Waals surface area contributed by atoms with Gasteiger partial charge >= 0.3 is 5.97 Å². The maximum Gasteiger partial charge on any atom is 0.323 e. The molecular formula is C14H27NO3S. The van der Waals surface area contributed by atoms with Gasteiger partial charge in [-0.05, 0) is 46.0 Å². The van der Waals surface area contributed by atoms with Gasteiger partial charge in [-0.15, -0.1) is 0 Å². The summed E-state index contributed by atoms with van der Waals surface area (Å²) in [6.45, 7) is 6.30. The quantitative estimate of drug-likeness (QED) is 0.670. The molecule has 1 saturated carbocycles. The van der Waals surface area contributed by atoms with Crippen molar-refractivity contribution in [2.45, 2.75) is 75.0 Å². The molecule has 1 rings (SSSR count). The Labute approximate surface area is 120 Å². The van der Waals surface area contributed by atoms with Crippen LogP contribution in [0.1, 0.15) is 52.9 Å². The Morgan fingerprint density at radius 2 is 2.16 bits per heavy atom. The first-order chi connectivity index (χ1) is 8.89. The number of carboxylic acids is 1. The molecule has 0 aromatic carbocycles. The van der Waals surface area contributed by atoms with E-state index in [2.05, 4.69) is 12.2 Å². The molecule has 3 N–H and O–H groups in total. The minimum absolute atomic E-state index is 0.176. The Balaban J connectivity index is 2.66. The monoisotopic (exact) mass is 289 g/mol. The van der Waals surface area contributed by atoms with Crippen LogP contribution in [0.5, 0.6) is 0 Å². The summed E-state index contributed by atoms with van der Waals surface area (Å²) in [5, 5.41) is 22.6. The Morgan fingerprint density at radius 1 is 1.47 bits per heavy atom. The number of hydrogen-bond acceptors (Lipinski definition) is 4. The average molecular weight is 289 g/mol. The average Bonchev–Trinajstić information content (AvgIpc) is 2.28. The van der Waals surface area contributed by atoms with Crippen LogP contribution < -0.4 is 5.32 Å². The number of aliphatic hydroxyl groups is 1. The van der Waals surface area contributed by atoms with Crippen molar-refractivity contribution < 1.29 is 15.0 Å². The van der Waals surface area contributed by atoms with Crippen LogP contribution in [-0.4, -0.2) is 44.9 Å². The van der Waals surface area contributed by atoms with Gasteiger partial charge in [-0.2, -0.15) is 11.8 Å². The number of aliphatic carboxylic acids is 1. The van der Waals surface area contributed by atoms with Crippen molar-refractivity contribution in [2.24, 2.45) is 0 Å². The van der Waals surface area contributed by atoms with Gasteiger partial charge in [-0.25, -0.2) is 0 Å². The smallest absolute Gasteiger partial charge is 0.323 e. The van der Waals surface area contributed by atoms with E-state index in [9.17, 15) is 9.90 Å². The zero-order chi connectivity index (χ0) is 14.5. The SMILES string of the molecule is CC(C)NC1(C(=O)O)CCCC(SC(C)CCO)C1. The third-order valence-electron chi connectivity index (χ3n) is 3.64. The summed E-state index contributed by atoms with van der Waals surface area (Å²) in [5.74, 6) is -0.721. The van der Waals surface area contributed by atoms with E-state index in [0.29, 0.717) is 23.3 Å². The van der Waals surface area contributed by atoms with Gasteiger partial charge < -0.3 is 10.2 Å². The summed E-state index contributed by atoms with van der Waals surface area (Å²) in [6, 6.07) is 0.176. The van der Waals surface area contributed by atoms with Gasteiger partial charge in [0.05, 0.1) is 0 Å². The lowest BCUT2D eigenvalue weighted by Crippen LogP contribution is -2.57. The normalized spacial score (nSPS) is 29.4. The molecule has 112 valence electrons. The first kappa shape index (κ1) is 16.8. The predicted molar refractivity (Wildman–Crippen MR) is 79.7 cm³/mol. The molecule has 0 saturated heterocycles. The first-order valence-corrected chi connectivity index (χ1v) is 8.11. The van der Waals surface area contributed by atoms with Crippen molar-refractivity contribution in [3.05, 3.63) is 0 Å². The molecule has 4 nitrogen and oxygen atoms in total. The van der Waals surface area contributed by atoms with E-state index in [4.69, 9.17) is 5.11 Å². The highest BCUT2D eigenvalue weighted by molar-refractivity contribution is 8.00. The summed E-state index contributed by atoms with van der Waals surface area (Å²) >= 11 is 1.83. The molecule has 1 aliphatic rings. The Bertz CT molecular complexity index is 298. The second-order valence-corrected chi connectivity index (χ2v) is 7.61. The fourth-order valence-corrected chi connectivity index (χ4v) is 4.44. The van der Waals surface area contributed by atoms with Gasteiger partial charge in [0.2, 0.25) is 0 Å². The summed E-state index contributed by atoms with van der Waals surface area (Å²) in [4.78, 5) is 11.7. The molecule has 0 aliphatic heterocycles. The van der Waals surface area contributed by atoms with E-state index >= 15 is 0 Å². The van der Waals surface area contributed by atoms with Crippen LogP contribution in [0.25, 0.3) is 0 Å². The topological polar surface area (TPSA) is 69.6 Å². The molecule has 0 spiro atoms. The molecule has 0 aromatic rings. The molecule has 0 amide bonds. The van der Waals surface area contributed by atoms with E-state index in [-0.39, 0.29) is 12.6 Å². The van der Waals surface area contributed by atoms with E-state index in [1.807, 2.05) is 25.6 Å². The molecule has 3 unspecified atom stereocenters. The van der Waals surface area contributed by atoms with Crippen molar-refractivity contribution in [3.8, 4) is 0 Å². The highest BCUT2D eigenvalue weighted by Crippen LogP contribution is 2.37.